The molecule has 0 bridgehead atoms. The molecule has 1 saturated heterocycles. The molecule has 0 unspecified atom stereocenters. The molecule has 0 saturated carbocycles. The summed E-state index contributed by atoms with van der Waals surface area (Å²) in [4.78, 5) is 25.6. The minimum Gasteiger partial charge on any atom is -0.366 e. The monoisotopic (exact) mass is 548 g/mol. The number of benzene rings is 3. The van der Waals surface area contributed by atoms with Crippen LogP contribution in [0.5, 0.6) is 0 Å². The van der Waals surface area contributed by atoms with Crippen LogP contribution in [0.25, 0.3) is 0 Å². The molecular weight excluding hydrogens is 527 g/mol. The molecule has 9 nitrogen and oxygen atoms in total. The number of amides is 1. The third-order valence-electron chi connectivity index (χ3n) is 5.85. The van der Waals surface area contributed by atoms with Gasteiger partial charge in [0, 0.05) is 37.8 Å². The van der Waals surface area contributed by atoms with Gasteiger partial charge in [-0.15, -0.1) is 0 Å². The van der Waals surface area contributed by atoms with E-state index in [1.54, 1.807) is 42.5 Å². The Kier molecular flexibility index (Phi) is 7.51. The number of halogens is 2. The first-order valence-corrected chi connectivity index (χ1v) is 13.1. The predicted molar refractivity (Wildman–Crippen MR) is 140 cm³/mol. The van der Waals surface area contributed by atoms with Gasteiger partial charge in [0.05, 0.1) is 26.2 Å². The fraction of sp³-hybridized carbons (Fsp3) is 0.208. The molecule has 1 heterocycles. The molecule has 36 heavy (non-hydrogen) atoms. The van der Waals surface area contributed by atoms with Crippen molar-refractivity contribution in [1.82, 2.24) is 4.31 Å². The Labute approximate surface area is 218 Å². The van der Waals surface area contributed by atoms with Crippen molar-refractivity contribution in [2.75, 3.05) is 36.4 Å². The maximum Gasteiger partial charge on any atom is 0.288 e. The van der Waals surface area contributed by atoms with Gasteiger partial charge in [0.1, 0.15) is 5.02 Å². The Morgan fingerprint density at radius 2 is 1.64 bits per heavy atom. The van der Waals surface area contributed by atoms with E-state index in [-0.39, 0.29) is 34.3 Å². The molecule has 0 radical (unpaired) electrons. The van der Waals surface area contributed by atoms with E-state index in [1.807, 2.05) is 11.8 Å². The van der Waals surface area contributed by atoms with Crippen LogP contribution in [0.2, 0.25) is 10.0 Å². The number of sulfonamides is 1. The Bertz CT molecular complexity index is 1420. The topological polar surface area (TPSA) is 113 Å². The molecular formula is C24H22Cl2N4O5S. The molecule has 4 rings (SSSR count). The fourth-order valence-electron chi connectivity index (χ4n) is 3.94. The van der Waals surface area contributed by atoms with Crippen molar-refractivity contribution in [3.63, 3.8) is 0 Å². The van der Waals surface area contributed by atoms with Gasteiger partial charge in [0.2, 0.25) is 10.0 Å². The van der Waals surface area contributed by atoms with Gasteiger partial charge in [-0.2, -0.15) is 4.31 Å². The zero-order chi connectivity index (χ0) is 26.0. The lowest BCUT2D eigenvalue weighted by molar-refractivity contribution is -0.384. The summed E-state index contributed by atoms with van der Waals surface area (Å²) in [5.41, 5.74) is 1.61. The summed E-state index contributed by atoms with van der Waals surface area (Å²) in [6, 6.07) is 15.5. The number of nitro groups is 1. The first-order valence-electron chi connectivity index (χ1n) is 10.9. The highest BCUT2D eigenvalue weighted by molar-refractivity contribution is 7.89. The number of hydrogen-bond acceptors (Lipinski definition) is 6. The molecule has 3 aromatic carbocycles. The highest BCUT2D eigenvalue weighted by Crippen LogP contribution is 2.36. The average molecular weight is 549 g/mol. The summed E-state index contributed by atoms with van der Waals surface area (Å²) in [6.07, 6.45) is 0. The van der Waals surface area contributed by atoms with Gasteiger partial charge >= 0.3 is 0 Å². The lowest BCUT2D eigenvalue weighted by atomic mass is 10.1. The number of aryl methyl sites for hydroxylation is 1. The van der Waals surface area contributed by atoms with E-state index >= 15 is 0 Å². The SMILES string of the molecule is Cc1ccc(S(=O)(=O)N2CCN(c3c(Cl)cccc3NC(=O)c3ccc(Cl)c([N+](=O)[O-])c3)CC2)cc1. The van der Waals surface area contributed by atoms with Gasteiger partial charge in [-0.1, -0.05) is 47.0 Å². The summed E-state index contributed by atoms with van der Waals surface area (Å²) >= 11 is 12.3. The normalized spacial score (nSPS) is 14.5. The summed E-state index contributed by atoms with van der Waals surface area (Å²) in [5, 5.41) is 14.3. The van der Waals surface area contributed by atoms with E-state index in [1.165, 1.54) is 16.4 Å². The van der Waals surface area contributed by atoms with Crippen molar-refractivity contribution >= 4 is 56.2 Å². The van der Waals surface area contributed by atoms with E-state index in [0.717, 1.165) is 11.6 Å². The number of para-hydroxylation sites is 1. The zero-order valence-electron chi connectivity index (χ0n) is 19.1. The average Bonchev–Trinajstić information content (AvgIpc) is 2.84. The van der Waals surface area contributed by atoms with Crippen LogP contribution in [-0.2, 0) is 10.0 Å². The van der Waals surface area contributed by atoms with Gasteiger partial charge in [0.15, 0.2) is 0 Å². The number of nitro benzene ring substituents is 1. The van der Waals surface area contributed by atoms with Crippen molar-refractivity contribution in [2.45, 2.75) is 11.8 Å². The molecule has 188 valence electrons. The first kappa shape index (κ1) is 25.9. The van der Waals surface area contributed by atoms with Crippen molar-refractivity contribution < 1.29 is 18.1 Å². The van der Waals surface area contributed by atoms with Gasteiger partial charge < -0.3 is 10.2 Å². The lowest BCUT2D eigenvalue weighted by Crippen LogP contribution is -2.49. The first-order chi connectivity index (χ1) is 17.1. The fourth-order valence-corrected chi connectivity index (χ4v) is 5.84. The van der Waals surface area contributed by atoms with E-state index in [4.69, 9.17) is 23.2 Å². The highest BCUT2D eigenvalue weighted by Gasteiger charge is 2.30. The number of nitrogens with one attached hydrogen (secondary N) is 1. The van der Waals surface area contributed by atoms with Crippen molar-refractivity contribution in [3.8, 4) is 0 Å². The summed E-state index contributed by atoms with van der Waals surface area (Å²) in [6.45, 7) is 3.06. The Morgan fingerprint density at radius 1 is 0.972 bits per heavy atom. The van der Waals surface area contributed by atoms with Gasteiger partial charge in [-0.05, 0) is 43.3 Å². The molecule has 12 heteroatoms. The standard InChI is InChI=1S/C24H22Cl2N4O5S/c1-16-5-8-18(9-6-16)36(34,35)29-13-11-28(12-14-29)23-20(26)3-2-4-21(23)27-24(31)17-7-10-19(25)22(15-17)30(32)33/h2-10,15H,11-14H2,1H3,(H,27,31). The number of nitrogens with zero attached hydrogens (tertiary/aromatic N) is 3. The van der Waals surface area contributed by atoms with E-state index in [0.29, 0.717) is 29.5 Å². The number of piperazine rings is 1. The smallest absolute Gasteiger partial charge is 0.288 e. The number of anilines is 2. The summed E-state index contributed by atoms with van der Waals surface area (Å²) in [5.74, 6) is -0.570. The molecule has 0 spiro atoms. The molecule has 1 amide bonds. The Morgan fingerprint density at radius 3 is 2.28 bits per heavy atom. The van der Waals surface area contributed by atoms with Crippen LogP contribution in [0, 0.1) is 17.0 Å². The van der Waals surface area contributed by atoms with Crippen LogP contribution >= 0.6 is 23.2 Å². The van der Waals surface area contributed by atoms with Gasteiger partial charge in [-0.3, -0.25) is 14.9 Å². The molecule has 0 aromatic heterocycles. The molecule has 1 N–H and O–H groups in total. The maximum atomic E-state index is 13.0. The largest absolute Gasteiger partial charge is 0.366 e. The maximum absolute atomic E-state index is 13.0. The number of carbonyl (C=O) groups excluding carboxylic acids is 1. The van der Waals surface area contributed by atoms with Gasteiger partial charge in [-0.25, -0.2) is 8.42 Å². The number of hydrogen-bond donors (Lipinski definition) is 1. The van der Waals surface area contributed by atoms with Crippen LogP contribution in [0.15, 0.2) is 65.6 Å². The van der Waals surface area contributed by atoms with Crippen molar-refractivity contribution in [2.24, 2.45) is 0 Å². The summed E-state index contributed by atoms with van der Waals surface area (Å²) in [7, 11) is -3.64. The minimum absolute atomic E-state index is 0.0611. The molecule has 1 fully saturated rings. The van der Waals surface area contributed by atoms with Crippen molar-refractivity contribution in [1.29, 1.82) is 0 Å². The predicted octanol–water partition coefficient (Wildman–Crippen LogP) is 4.97. The van der Waals surface area contributed by atoms with Gasteiger partial charge in [0.25, 0.3) is 11.6 Å². The van der Waals surface area contributed by atoms with Crippen LogP contribution in [0.4, 0.5) is 17.1 Å². The van der Waals surface area contributed by atoms with Crippen LogP contribution in [0.1, 0.15) is 15.9 Å². The molecule has 0 atom stereocenters. The Hall–Kier alpha value is -3.18. The van der Waals surface area contributed by atoms with E-state index < -0.39 is 20.9 Å². The molecule has 0 aliphatic carbocycles. The molecule has 1 aliphatic heterocycles. The van der Waals surface area contributed by atoms with Crippen LogP contribution in [-0.4, -0.2) is 49.7 Å². The van der Waals surface area contributed by atoms with Crippen LogP contribution < -0.4 is 10.2 Å². The number of carbonyl (C=O) groups is 1. The molecule has 1 aliphatic rings. The third kappa shape index (κ3) is 5.31. The Balaban J connectivity index is 1.53. The summed E-state index contributed by atoms with van der Waals surface area (Å²) < 4.78 is 27.5. The van der Waals surface area contributed by atoms with Crippen LogP contribution in [0.3, 0.4) is 0 Å². The van der Waals surface area contributed by atoms with E-state index in [9.17, 15) is 23.3 Å². The van der Waals surface area contributed by atoms with E-state index in [2.05, 4.69) is 5.32 Å². The lowest BCUT2D eigenvalue weighted by Gasteiger charge is -2.36. The number of rotatable bonds is 6. The van der Waals surface area contributed by atoms with Crippen molar-refractivity contribution in [3.05, 3.63) is 92.0 Å². The second-order valence-corrected chi connectivity index (χ2v) is 11.0. The highest BCUT2D eigenvalue weighted by atomic mass is 35.5. The second kappa shape index (κ2) is 10.4. The molecule has 3 aromatic rings. The minimum atomic E-state index is -3.64. The zero-order valence-corrected chi connectivity index (χ0v) is 21.5. The second-order valence-electron chi connectivity index (χ2n) is 8.22. The third-order valence-corrected chi connectivity index (χ3v) is 8.39. The quantitative estimate of drug-likeness (QED) is 0.343.